The standard InChI is InChI=1S/C25H33FN2O2/c1-18(2)15-24(20-8-12-23(30-3)13-9-20)27-25(29)21-5-4-14-28(17-21)16-19-6-10-22(26)11-7-19/h6-13,18,21,24H,4-5,14-17H2,1-3H3,(H,27,29)/t21-,24-/m0/s1. The van der Waals surface area contributed by atoms with E-state index in [0.29, 0.717) is 5.92 Å². The average molecular weight is 413 g/mol. The van der Waals surface area contributed by atoms with Gasteiger partial charge in [-0.2, -0.15) is 0 Å². The van der Waals surface area contributed by atoms with Gasteiger partial charge in [0.2, 0.25) is 5.91 Å². The maximum atomic E-state index is 13.2. The smallest absolute Gasteiger partial charge is 0.224 e. The Hall–Kier alpha value is -2.40. The summed E-state index contributed by atoms with van der Waals surface area (Å²) in [4.78, 5) is 15.4. The number of nitrogens with one attached hydrogen (secondary N) is 1. The molecule has 0 aliphatic carbocycles. The summed E-state index contributed by atoms with van der Waals surface area (Å²) < 4.78 is 18.4. The molecule has 4 nitrogen and oxygen atoms in total. The molecular formula is C25H33FN2O2. The van der Waals surface area contributed by atoms with Gasteiger partial charge in [-0.15, -0.1) is 0 Å². The molecule has 162 valence electrons. The molecule has 1 aliphatic heterocycles. The highest BCUT2D eigenvalue weighted by Gasteiger charge is 2.28. The Morgan fingerprint density at radius 1 is 1.17 bits per heavy atom. The Morgan fingerprint density at radius 3 is 2.50 bits per heavy atom. The second-order valence-electron chi connectivity index (χ2n) is 8.66. The van der Waals surface area contributed by atoms with Crippen LogP contribution in [0.15, 0.2) is 48.5 Å². The van der Waals surface area contributed by atoms with Crippen LogP contribution in [0, 0.1) is 17.7 Å². The highest BCUT2D eigenvalue weighted by molar-refractivity contribution is 5.79. The molecule has 2 aromatic carbocycles. The van der Waals surface area contributed by atoms with E-state index < -0.39 is 0 Å². The van der Waals surface area contributed by atoms with Crippen molar-refractivity contribution in [3.05, 3.63) is 65.5 Å². The second kappa shape index (κ2) is 10.6. The normalized spacial score (nSPS) is 18.2. The van der Waals surface area contributed by atoms with E-state index in [4.69, 9.17) is 4.74 Å². The van der Waals surface area contributed by atoms with Crippen molar-refractivity contribution in [1.29, 1.82) is 0 Å². The number of likely N-dealkylation sites (tertiary alicyclic amines) is 1. The zero-order valence-corrected chi connectivity index (χ0v) is 18.2. The molecule has 1 fully saturated rings. The predicted molar refractivity (Wildman–Crippen MR) is 118 cm³/mol. The molecule has 0 spiro atoms. The van der Waals surface area contributed by atoms with E-state index in [1.165, 1.54) is 12.1 Å². The van der Waals surface area contributed by atoms with Crippen molar-refractivity contribution in [3.63, 3.8) is 0 Å². The van der Waals surface area contributed by atoms with Crippen molar-refractivity contribution in [1.82, 2.24) is 10.2 Å². The summed E-state index contributed by atoms with van der Waals surface area (Å²) in [6, 6.07) is 14.6. The first-order chi connectivity index (χ1) is 14.4. The highest BCUT2D eigenvalue weighted by Crippen LogP contribution is 2.26. The van der Waals surface area contributed by atoms with Crippen molar-refractivity contribution in [2.45, 2.75) is 45.7 Å². The van der Waals surface area contributed by atoms with Gasteiger partial charge in [-0.3, -0.25) is 9.69 Å². The monoisotopic (exact) mass is 412 g/mol. The van der Waals surface area contributed by atoms with Gasteiger partial charge >= 0.3 is 0 Å². The highest BCUT2D eigenvalue weighted by atomic mass is 19.1. The minimum absolute atomic E-state index is 0.00381. The fourth-order valence-electron chi connectivity index (χ4n) is 4.14. The molecule has 2 atom stereocenters. The van der Waals surface area contributed by atoms with E-state index in [1.54, 1.807) is 7.11 Å². The van der Waals surface area contributed by atoms with Gasteiger partial charge in [0.1, 0.15) is 11.6 Å². The van der Waals surface area contributed by atoms with Gasteiger partial charge in [0.05, 0.1) is 19.1 Å². The molecule has 1 aliphatic rings. The van der Waals surface area contributed by atoms with Gasteiger partial charge in [0.25, 0.3) is 0 Å². The lowest BCUT2D eigenvalue weighted by Crippen LogP contribution is -2.43. The number of benzene rings is 2. The minimum Gasteiger partial charge on any atom is -0.497 e. The quantitative estimate of drug-likeness (QED) is 0.667. The maximum absolute atomic E-state index is 13.2. The van der Waals surface area contributed by atoms with Crippen LogP contribution in [0.4, 0.5) is 4.39 Å². The molecule has 0 aromatic heterocycles. The van der Waals surface area contributed by atoms with Crippen molar-refractivity contribution >= 4 is 5.91 Å². The van der Waals surface area contributed by atoms with Gasteiger partial charge in [0, 0.05) is 13.1 Å². The van der Waals surface area contributed by atoms with Crippen molar-refractivity contribution in [3.8, 4) is 5.75 Å². The van der Waals surface area contributed by atoms with Crippen LogP contribution in [0.3, 0.4) is 0 Å². The number of rotatable bonds is 8. The molecule has 5 heteroatoms. The molecule has 3 rings (SSSR count). The number of methoxy groups -OCH3 is 1. The molecule has 1 heterocycles. The Balaban J connectivity index is 1.62. The van der Waals surface area contributed by atoms with Crippen LogP contribution in [0.25, 0.3) is 0 Å². The predicted octanol–water partition coefficient (Wildman–Crippen LogP) is 4.95. The molecule has 0 bridgehead atoms. The Bertz CT molecular complexity index is 805. The fourth-order valence-corrected chi connectivity index (χ4v) is 4.14. The lowest BCUT2D eigenvalue weighted by Gasteiger charge is -2.33. The third-order valence-electron chi connectivity index (χ3n) is 5.74. The van der Waals surface area contributed by atoms with Gasteiger partial charge in [-0.1, -0.05) is 38.1 Å². The second-order valence-corrected chi connectivity index (χ2v) is 8.66. The summed E-state index contributed by atoms with van der Waals surface area (Å²) >= 11 is 0. The van der Waals surface area contributed by atoms with Gasteiger partial charge in [-0.05, 0) is 67.1 Å². The molecule has 2 aromatic rings. The molecule has 1 amide bonds. The Kier molecular flexibility index (Phi) is 7.86. The average Bonchev–Trinajstić information content (AvgIpc) is 2.75. The lowest BCUT2D eigenvalue weighted by atomic mass is 9.93. The van der Waals surface area contributed by atoms with Gasteiger partial charge in [0.15, 0.2) is 0 Å². The Labute approximate surface area is 179 Å². The van der Waals surface area contributed by atoms with Crippen LogP contribution in [0.1, 0.15) is 50.3 Å². The summed E-state index contributed by atoms with van der Waals surface area (Å²) in [7, 11) is 1.66. The van der Waals surface area contributed by atoms with Crippen molar-refractivity contribution in [2.75, 3.05) is 20.2 Å². The fraction of sp³-hybridized carbons (Fsp3) is 0.480. The molecule has 1 N–H and O–H groups in total. The van der Waals surface area contributed by atoms with E-state index >= 15 is 0 Å². The number of hydrogen-bond donors (Lipinski definition) is 1. The largest absolute Gasteiger partial charge is 0.497 e. The zero-order chi connectivity index (χ0) is 21.5. The number of carbonyl (C=O) groups excluding carboxylic acids is 1. The summed E-state index contributed by atoms with van der Waals surface area (Å²) in [5.41, 5.74) is 2.19. The number of hydrogen-bond acceptors (Lipinski definition) is 3. The molecule has 0 unspecified atom stereocenters. The summed E-state index contributed by atoms with van der Waals surface area (Å²) in [5.74, 6) is 1.17. The summed E-state index contributed by atoms with van der Waals surface area (Å²) in [6.07, 6.45) is 2.80. The van der Waals surface area contributed by atoms with E-state index in [2.05, 4.69) is 24.1 Å². The summed E-state index contributed by atoms with van der Waals surface area (Å²) in [5, 5.41) is 3.31. The number of nitrogens with zero attached hydrogens (tertiary/aromatic N) is 1. The Morgan fingerprint density at radius 2 is 1.87 bits per heavy atom. The minimum atomic E-state index is -0.218. The van der Waals surface area contributed by atoms with Crippen LogP contribution in [-0.4, -0.2) is 31.0 Å². The van der Waals surface area contributed by atoms with Crippen molar-refractivity contribution in [2.24, 2.45) is 11.8 Å². The zero-order valence-electron chi connectivity index (χ0n) is 18.2. The lowest BCUT2D eigenvalue weighted by molar-refractivity contribution is -0.127. The van der Waals surface area contributed by atoms with Crippen LogP contribution in [-0.2, 0) is 11.3 Å². The van der Waals surface area contributed by atoms with Crippen LogP contribution >= 0.6 is 0 Å². The van der Waals surface area contributed by atoms with Crippen molar-refractivity contribution < 1.29 is 13.9 Å². The molecule has 0 radical (unpaired) electrons. The number of piperidine rings is 1. The molecule has 30 heavy (non-hydrogen) atoms. The number of halogens is 1. The first kappa shape index (κ1) is 22.3. The van der Waals surface area contributed by atoms with Crippen LogP contribution in [0.2, 0.25) is 0 Å². The van der Waals surface area contributed by atoms with E-state index in [9.17, 15) is 9.18 Å². The first-order valence-electron chi connectivity index (χ1n) is 10.9. The van der Waals surface area contributed by atoms with Crippen LogP contribution in [0.5, 0.6) is 5.75 Å². The van der Waals surface area contributed by atoms with E-state index in [-0.39, 0.29) is 23.7 Å². The maximum Gasteiger partial charge on any atom is 0.224 e. The van der Waals surface area contributed by atoms with E-state index in [0.717, 1.165) is 55.8 Å². The number of carbonyl (C=O) groups is 1. The topological polar surface area (TPSA) is 41.6 Å². The van der Waals surface area contributed by atoms with E-state index in [1.807, 2.05) is 36.4 Å². The first-order valence-corrected chi connectivity index (χ1v) is 10.9. The summed E-state index contributed by atoms with van der Waals surface area (Å²) in [6.45, 7) is 6.80. The number of ether oxygens (including phenoxy) is 1. The molecule has 1 saturated heterocycles. The molecular weight excluding hydrogens is 379 g/mol. The van der Waals surface area contributed by atoms with Gasteiger partial charge < -0.3 is 10.1 Å². The van der Waals surface area contributed by atoms with Crippen LogP contribution < -0.4 is 10.1 Å². The third-order valence-corrected chi connectivity index (χ3v) is 5.74. The molecule has 0 saturated carbocycles. The van der Waals surface area contributed by atoms with Gasteiger partial charge in [-0.25, -0.2) is 4.39 Å². The number of amides is 1. The SMILES string of the molecule is COc1ccc([C@H](CC(C)C)NC(=O)[C@H]2CCCN(Cc3ccc(F)cc3)C2)cc1. The third kappa shape index (κ3) is 6.30.